The number of nitrogens with zero attached hydrogens (tertiary/aromatic N) is 4. The highest BCUT2D eigenvalue weighted by molar-refractivity contribution is 7.99. The number of hydrogen-bond acceptors (Lipinski definition) is 5. The van der Waals surface area contributed by atoms with Gasteiger partial charge in [-0.2, -0.15) is 0 Å². The van der Waals surface area contributed by atoms with Gasteiger partial charge >= 0.3 is 6.03 Å². The Hall–Kier alpha value is -2.06. The fourth-order valence-corrected chi connectivity index (χ4v) is 2.84. The first kappa shape index (κ1) is 18.3. The zero-order chi connectivity index (χ0) is 17.4. The predicted octanol–water partition coefficient (Wildman–Crippen LogP) is 1.67. The van der Waals surface area contributed by atoms with E-state index in [-0.39, 0.29) is 6.03 Å². The summed E-state index contributed by atoms with van der Waals surface area (Å²) in [6, 6.07) is 9.32. The summed E-state index contributed by atoms with van der Waals surface area (Å²) in [5, 5.41) is 21.6. The van der Waals surface area contributed by atoms with E-state index in [0.717, 1.165) is 16.5 Å². The van der Waals surface area contributed by atoms with Crippen molar-refractivity contribution in [1.82, 2.24) is 25.0 Å². The Morgan fingerprint density at radius 2 is 2.17 bits per heavy atom. The predicted molar refractivity (Wildman–Crippen MR) is 93.8 cm³/mol. The van der Waals surface area contributed by atoms with Gasteiger partial charge in [0.2, 0.25) is 0 Å². The minimum absolute atomic E-state index is 0.145. The zero-order valence-electron chi connectivity index (χ0n) is 13.9. The molecule has 0 spiro atoms. The largest absolute Gasteiger partial charge is 0.388 e. The van der Waals surface area contributed by atoms with E-state index in [1.54, 1.807) is 18.3 Å². The van der Waals surface area contributed by atoms with Crippen LogP contribution >= 0.6 is 11.8 Å². The van der Waals surface area contributed by atoms with Crippen molar-refractivity contribution in [3.8, 4) is 0 Å². The molecule has 1 unspecified atom stereocenters. The molecule has 0 bridgehead atoms. The first-order valence-electron chi connectivity index (χ1n) is 7.76. The van der Waals surface area contributed by atoms with Crippen molar-refractivity contribution in [2.24, 2.45) is 7.05 Å². The lowest BCUT2D eigenvalue weighted by molar-refractivity contribution is 0.150. The molecular weight excluding hydrogens is 326 g/mol. The smallest absolute Gasteiger partial charge is 0.317 e. The number of aliphatic hydroxyl groups excluding tert-OH is 1. The van der Waals surface area contributed by atoms with Crippen molar-refractivity contribution in [3.63, 3.8) is 0 Å². The van der Waals surface area contributed by atoms with E-state index in [2.05, 4.69) is 15.5 Å². The molecule has 130 valence electrons. The van der Waals surface area contributed by atoms with Gasteiger partial charge in [-0.15, -0.1) is 10.2 Å². The summed E-state index contributed by atoms with van der Waals surface area (Å²) in [7, 11) is 3.61. The fourth-order valence-electron chi connectivity index (χ4n) is 2.10. The lowest BCUT2D eigenvalue weighted by Gasteiger charge is -2.20. The van der Waals surface area contributed by atoms with Crippen LogP contribution in [0.1, 0.15) is 18.1 Å². The molecule has 2 rings (SSSR count). The molecule has 0 fully saturated rings. The maximum atomic E-state index is 12.0. The van der Waals surface area contributed by atoms with Crippen LogP contribution in [0.5, 0.6) is 0 Å². The third-order valence-corrected chi connectivity index (χ3v) is 4.58. The summed E-state index contributed by atoms with van der Waals surface area (Å²) in [6.45, 7) is 1.03. The number of aromatic nitrogens is 3. The molecule has 2 aromatic rings. The molecule has 1 heterocycles. The van der Waals surface area contributed by atoms with Gasteiger partial charge in [0.25, 0.3) is 0 Å². The third kappa shape index (κ3) is 5.54. The molecule has 2 amide bonds. The summed E-state index contributed by atoms with van der Waals surface area (Å²) >= 11 is 1.54. The summed E-state index contributed by atoms with van der Waals surface area (Å²) in [6.07, 6.45) is 1.59. The second kappa shape index (κ2) is 9.29. The number of aliphatic hydroxyl groups is 1. The Kier molecular flexibility index (Phi) is 7.07. The van der Waals surface area contributed by atoms with Gasteiger partial charge in [0.1, 0.15) is 6.33 Å². The van der Waals surface area contributed by atoms with E-state index in [4.69, 9.17) is 0 Å². The normalized spacial score (nSPS) is 12.0. The average molecular weight is 349 g/mol. The van der Waals surface area contributed by atoms with Crippen molar-refractivity contribution in [3.05, 3.63) is 42.2 Å². The number of rotatable bonds is 8. The number of carbonyl (C=O) groups is 1. The SMILES string of the molecule is CN(CCC(O)c1ccccc1)C(=O)NCCSc1nncn1C. The van der Waals surface area contributed by atoms with Gasteiger partial charge in [-0.1, -0.05) is 42.1 Å². The van der Waals surface area contributed by atoms with Crippen LogP contribution < -0.4 is 5.32 Å². The van der Waals surface area contributed by atoms with E-state index in [1.807, 2.05) is 41.9 Å². The number of carbonyl (C=O) groups excluding carboxylic acids is 1. The number of urea groups is 1. The van der Waals surface area contributed by atoms with Gasteiger partial charge in [0.15, 0.2) is 5.16 Å². The number of hydrogen-bond donors (Lipinski definition) is 2. The number of benzene rings is 1. The minimum atomic E-state index is -0.562. The molecule has 8 heteroatoms. The molecule has 1 atom stereocenters. The molecule has 24 heavy (non-hydrogen) atoms. The van der Waals surface area contributed by atoms with Crippen molar-refractivity contribution in [1.29, 1.82) is 0 Å². The van der Waals surface area contributed by atoms with E-state index in [0.29, 0.717) is 19.5 Å². The van der Waals surface area contributed by atoms with Crippen LogP contribution in [0.25, 0.3) is 0 Å². The van der Waals surface area contributed by atoms with Crippen LogP contribution in [-0.4, -0.2) is 56.7 Å². The molecule has 2 N–H and O–H groups in total. The monoisotopic (exact) mass is 349 g/mol. The Bertz CT molecular complexity index is 634. The highest BCUT2D eigenvalue weighted by Gasteiger charge is 2.12. The Morgan fingerprint density at radius 3 is 2.83 bits per heavy atom. The molecular formula is C16H23N5O2S. The Labute approximate surface area is 146 Å². The molecule has 1 aromatic heterocycles. The summed E-state index contributed by atoms with van der Waals surface area (Å²) in [4.78, 5) is 13.6. The minimum Gasteiger partial charge on any atom is -0.388 e. The lowest BCUT2D eigenvalue weighted by Crippen LogP contribution is -2.39. The third-order valence-electron chi connectivity index (χ3n) is 3.55. The van der Waals surface area contributed by atoms with Crippen LogP contribution in [0.4, 0.5) is 4.79 Å². The van der Waals surface area contributed by atoms with Gasteiger partial charge in [-0.25, -0.2) is 4.79 Å². The van der Waals surface area contributed by atoms with E-state index >= 15 is 0 Å². The molecule has 0 aliphatic heterocycles. The summed E-state index contributed by atoms with van der Waals surface area (Å²) in [5.74, 6) is 0.721. The molecule has 0 aliphatic rings. The summed E-state index contributed by atoms with van der Waals surface area (Å²) < 4.78 is 1.84. The maximum absolute atomic E-state index is 12.0. The van der Waals surface area contributed by atoms with Crippen molar-refractivity contribution in [2.75, 3.05) is 25.9 Å². The molecule has 0 saturated carbocycles. The zero-order valence-corrected chi connectivity index (χ0v) is 14.7. The van der Waals surface area contributed by atoms with Crippen molar-refractivity contribution >= 4 is 17.8 Å². The quantitative estimate of drug-likeness (QED) is 0.559. The molecule has 7 nitrogen and oxygen atoms in total. The van der Waals surface area contributed by atoms with Crippen LogP contribution in [0, 0.1) is 0 Å². The van der Waals surface area contributed by atoms with Gasteiger partial charge in [-0.05, 0) is 12.0 Å². The summed E-state index contributed by atoms with van der Waals surface area (Å²) in [5.41, 5.74) is 0.867. The van der Waals surface area contributed by atoms with Crippen LogP contribution in [-0.2, 0) is 7.05 Å². The Balaban J connectivity index is 1.64. The first-order chi connectivity index (χ1) is 11.6. The number of nitrogens with one attached hydrogen (secondary N) is 1. The highest BCUT2D eigenvalue weighted by Crippen LogP contribution is 2.16. The Morgan fingerprint density at radius 1 is 1.42 bits per heavy atom. The first-order valence-corrected chi connectivity index (χ1v) is 8.75. The van der Waals surface area contributed by atoms with E-state index in [9.17, 15) is 9.90 Å². The molecule has 1 aromatic carbocycles. The van der Waals surface area contributed by atoms with E-state index in [1.165, 1.54) is 11.8 Å². The molecule has 0 aliphatic carbocycles. The van der Waals surface area contributed by atoms with Gasteiger partial charge < -0.3 is 19.9 Å². The van der Waals surface area contributed by atoms with Gasteiger partial charge in [-0.3, -0.25) is 0 Å². The number of aryl methyl sites for hydroxylation is 1. The van der Waals surface area contributed by atoms with Crippen LogP contribution in [0.3, 0.4) is 0 Å². The second-order valence-electron chi connectivity index (χ2n) is 5.44. The molecule has 0 radical (unpaired) electrons. The maximum Gasteiger partial charge on any atom is 0.317 e. The van der Waals surface area contributed by atoms with Crippen LogP contribution in [0.15, 0.2) is 41.8 Å². The second-order valence-corrected chi connectivity index (χ2v) is 6.50. The van der Waals surface area contributed by atoms with E-state index < -0.39 is 6.10 Å². The van der Waals surface area contributed by atoms with Crippen LogP contribution in [0.2, 0.25) is 0 Å². The van der Waals surface area contributed by atoms with Crippen molar-refractivity contribution < 1.29 is 9.90 Å². The van der Waals surface area contributed by atoms with Gasteiger partial charge in [0, 0.05) is 32.9 Å². The fraction of sp³-hybridized carbons (Fsp3) is 0.438. The lowest BCUT2D eigenvalue weighted by atomic mass is 10.1. The van der Waals surface area contributed by atoms with Gasteiger partial charge in [0.05, 0.1) is 6.10 Å². The highest BCUT2D eigenvalue weighted by atomic mass is 32.2. The van der Waals surface area contributed by atoms with Crippen molar-refractivity contribution in [2.45, 2.75) is 17.7 Å². The standard InChI is InChI=1S/C16H23N5O2S/c1-20(10-8-14(22)13-6-4-3-5-7-13)15(23)17-9-11-24-16-19-18-12-21(16)2/h3-7,12,14,22H,8-11H2,1-2H3,(H,17,23). The number of thioether (sulfide) groups is 1. The number of amides is 2. The molecule has 0 saturated heterocycles. The topological polar surface area (TPSA) is 83.3 Å². The average Bonchev–Trinajstić information content (AvgIpc) is 3.01.